The maximum Gasteiger partial charge on any atom is 0.236 e. The summed E-state index contributed by atoms with van der Waals surface area (Å²) in [5, 5.41) is 2.93. The number of carbonyl (C=O) groups is 1. The van der Waals surface area contributed by atoms with Crippen molar-refractivity contribution in [2.75, 3.05) is 6.54 Å². The molecule has 3 N–H and O–H groups in total. The monoisotopic (exact) mass is 388 g/mol. The predicted molar refractivity (Wildman–Crippen MR) is 109 cm³/mol. The molecular weight excluding hydrogens is 359 g/mol. The fraction of sp³-hybridized carbons (Fsp3) is 0.556. The summed E-state index contributed by atoms with van der Waals surface area (Å²) in [4.78, 5) is 16.7. The van der Waals surface area contributed by atoms with Gasteiger partial charge < -0.3 is 15.6 Å². The van der Waals surface area contributed by atoms with Crippen molar-refractivity contribution in [1.82, 2.24) is 14.9 Å². The second-order valence-electron chi connectivity index (χ2n) is 6.76. The first kappa shape index (κ1) is 23.7. The Morgan fingerprint density at radius 3 is 2.44 bits per heavy atom. The second-order valence-corrected chi connectivity index (χ2v) is 6.76. The molecule has 0 saturated carbocycles. The molecule has 5 nitrogen and oxygen atoms in total. The van der Waals surface area contributed by atoms with E-state index in [0.29, 0.717) is 31.3 Å². The van der Waals surface area contributed by atoms with E-state index in [-0.39, 0.29) is 30.7 Å². The zero-order valence-corrected chi connectivity index (χ0v) is 17.0. The number of hydrogen-bond acceptors (Lipinski definition) is 3. The van der Waals surface area contributed by atoms with Crippen LogP contribution in [-0.2, 0) is 11.2 Å². The Kier molecular flexibility index (Phi) is 10.1. The zero-order chi connectivity index (χ0) is 17.0. The van der Waals surface area contributed by atoms with E-state index in [9.17, 15) is 4.79 Å². The highest BCUT2D eigenvalue weighted by molar-refractivity contribution is 5.85. The van der Waals surface area contributed by atoms with Crippen LogP contribution in [0.25, 0.3) is 11.0 Å². The average Bonchev–Trinajstić information content (AvgIpc) is 2.84. The fourth-order valence-corrected chi connectivity index (χ4v) is 2.89. The molecule has 25 heavy (non-hydrogen) atoms. The first-order chi connectivity index (χ1) is 10.9. The third-order valence-electron chi connectivity index (χ3n) is 3.90. The molecule has 0 saturated heterocycles. The van der Waals surface area contributed by atoms with Crippen LogP contribution in [0.3, 0.4) is 0 Å². The van der Waals surface area contributed by atoms with Gasteiger partial charge in [0.15, 0.2) is 0 Å². The molecular formula is C18H30Cl2N4O. The van der Waals surface area contributed by atoms with Crippen LogP contribution in [-0.4, -0.2) is 28.0 Å². The SMILES string of the molecule is CC(C)C[C@H](N)C(=O)NCCc1nc2ccccc2n1C(C)C.Cl.Cl. The fourth-order valence-electron chi connectivity index (χ4n) is 2.89. The van der Waals surface area contributed by atoms with Crippen LogP contribution < -0.4 is 11.1 Å². The summed E-state index contributed by atoms with van der Waals surface area (Å²) in [6.45, 7) is 8.99. The Hall–Kier alpha value is -1.30. The maximum absolute atomic E-state index is 12.0. The number of para-hydroxylation sites is 2. The van der Waals surface area contributed by atoms with Crippen LogP contribution in [0.4, 0.5) is 0 Å². The summed E-state index contributed by atoms with van der Waals surface area (Å²) >= 11 is 0. The number of nitrogens with zero attached hydrogens (tertiary/aromatic N) is 2. The minimum absolute atomic E-state index is 0. The Morgan fingerprint density at radius 2 is 1.84 bits per heavy atom. The van der Waals surface area contributed by atoms with Gasteiger partial charge in [-0.15, -0.1) is 24.8 Å². The molecule has 0 fully saturated rings. The van der Waals surface area contributed by atoms with Crippen molar-refractivity contribution in [3.63, 3.8) is 0 Å². The summed E-state index contributed by atoms with van der Waals surface area (Å²) in [5.41, 5.74) is 8.04. The van der Waals surface area contributed by atoms with Crippen LogP contribution >= 0.6 is 24.8 Å². The molecule has 1 heterocycles. The van der Waals surface area contributed by atoms with Gasteiger partial charge in [-0.05, 0) is 38.3 Å². The number of imidazole rings is 1. The highest BCUT2D eigenvalue weighted by Gasteiger charge is 2.16. The number of rotatable bonds is 7. The maximum atomic E-state index is 12.0. The van der Waals surface area contributed by atoms with Crippen molar-refractivity contribution in [2.45, 2.75) is 52.6 Å². The minimum Gasteiger partial charge on any atom is -0.354 e. The number of benzene rings is 1. The number of amides is 1. The van der Waals surface area contributed by atoms with E-state index >= 15 is 0 Å². The Labute approximate surface area is 162 Å². The molecule has 7 heteroatoms. The number of halogens is 2. The van der Waals surface area contributed by atoms with Gasteiger partial charge in [-0.3, -0.25) is 4.79 Å². The zero-order valence-electron chi connectivity index (χ0n) is 15.4. The van der Waals surface area contributed by atoms with Crippen LogP contribution in [0, 0.1) is 5.92 Å². The molecule has 2 aromatic rings. The molecule has 142 valence electrons. The van der Waals surface area contributed by atoms with Gasteiger partial charge in [-0.1, -0.05) is 26.0 Å². The van der Waals surface area contributed by atoms with E-state index in [2.05, 4.69) is 43.6 Å². The number of carbonyl (C=O) groups excluding carboxylic acids is 1. The predicted octanol–water partition coefficient (Wildman–Crippen LogP) is 3.49. The quantitative estimate of drug-likeness (QED) is 0.761. The van der Waals surface area contributed by atoms with Gasteiger partial charge in [0.25, 0.3) is 0 Å². The lowest BCUT2D eigenvalue weighted by molar-refractivity contribution is -0.122. The molecule has 1 amide bonds. The van der Waals surface area contributed by atoms with Gasteiger partial charge in [0.1, 0.15) is 5.82 Å². The summed E-state index contributed by atoms with van der Waals surface area (Å²) in [7, 11) is 0. The van der Waals surface area contributed by atoms with Gasteiger partial charge in [-0.2, -0.15) is 0 Å². The van der Waals surface area contributed by atoms with Crippen LogP contribution in [0.5, 0.6) is 0 Å². The Morgan fingerprint density at radius 1 is 1.20 bits per heavy atom. The number of hydrogen-bond donors (Lipinski definition) is 2. The molecule has 1 aromatic carbocycles. The summed E-state index contributed by atoms with van der Waals surface area (Å²) in [6.07, 6.45) is 1.41. The van der Waals surface area contributed by atoms with E-state index < -0.39 is 6.04 Å². The molecule has 0 radical (unpaired) electrons. The van der Waals surface area contributed by atoms with E-state index in [1.165, 1.54) is 0 Å². The van der Waals surface area contributed by atoms with Gasteiger partial charge in [-0.25, -0.2) is 4.98 Å². The lowest BCUT2D eigenvalue weighted by Gasteiger charge is -2.15. The van der Waals surface area contributed by atoms with Gasteiger partial charge >= 0.3 is 0 Å². The van der Waals surface area contributed by atoms with Gasteiger partial charge in [0, 0.05) is 19.0 Å². The van der Waals surface area contributed by atoms with E-state index in [1.54, 1.807) is 0 Å². The normalized spacial score (nSPS) is 12.0. The molecule has 0 bridgehead atoms. The molecule has 0 spiro atoms. The molecule has 2 rings (SSSR count). The topological polar surface area (TPSA) is 72.9 Å². The van der Waals surface area contributed by atoms with Crippen molar-refractivity contribution in [3.05, 3.63) is 30.1 Å². The van der Waals surface area contributed by atoms with Gasteiger partial charge in [0.2, 0.25) is 5.91 Å². The lowest BCUT2D eigenvalue weighted by Crippen LogP contribution is -2.42. The Balaban J connectivity index is 0.00000288. The van der Waals surface area contributed by atoms with Crippen molar-refractivity contribution < 1.29 is 4.79 Å². The average molecular weight is 389 g/mol. The first-order valence-corrected chi connectivity index (χ1v) is 8.39. The number of nitrogens with two attached hydrogens (primary N) is 1. The molecule has 1 aromatic heterocycles. The third kappa shape index (κ3) is 6.17. The molecule has 0 unspecified atom stereocenters. The molecule has 0 aliphatic carbocycles. The largest absolute Gasteiger partial charge is 0.354 e. The van der Waals surface area contributed by atoms with Crippen molar-refractivity contribution in [3.8, 4) is 0 Å². The van der Waals surface area contributed by atoms with Crippen LogP contribution in [0.2, 0.25) is 0 Å². The summed E-state index contributed by atoms with van der Waals surface area (Å²) < 4.78 is 2.23. The number of fused-ring (bicyclic) bond motifs is 1. The number of nitrogens with one attached hydrogen (secondary N) is 1. The van der Waals surface area contributed by atoms with Crippen LogP contribution in [0.1, 0.15) is 46.0 Å². The highest BCUT2D eigenvalue weighted by Crippen LogP contribution is 2.21. The van der Waals surface area contributed by atoms with Gasteiger partial charge in [0.05, 0.1) is 17.1 Å². The van der Waals surface area contributed by atoms with E-state index in [4.69, 9.17) is 10.7 Å². The third-order valence-corrected chi connectivity index (χ3v) is 3.90. The highest BCUT2D eigenvalue weighted by atomic mass is 35.5. The van der Waals surface area contributed by atoms with Crippen molar-refractivity contribution in [2.24, 2.45) is 11.7 Å². The second kappa shape index (κ2) is 10.6. The van der Waals surface area contributed by atoms with E-state index in [0.717, 1.165) is 16.9 Å². The van der Waals surface area contributed by atoms with Crippen molar-refractivity contribution >= 4 is 41.8 Å². The summed E-state index contributed by atoms with van der Waals surface area (Å²) in [6, 6.07) is 8.03. The standard InChI is InChI=1S/C18H28N4O.2ClH/c1-12(2)11-14(19)18(23)20-10-9-17-21-15-7-5-6-8-16(15)22(17)13(3)4;;/h5-8,12-14H,9-11,19H2,1-4H3,(H,20,23);2*1H/t14-;;/m0../s1. The first-order valence-electron chi connectivity index (χ1n) is 8.39. The minimum atomic E-state index is -0.432. The Bertz CT molecular complexity index is 670. The van der Waals surface area contributed by atoms with Crippen molar-refractivity contribution in [1.29, 1.82) is 0 Å². The number of aromatic nitrogens is 2. The smallest absolute Gasteiger partial charge is 0.236 e. The summed E-state index contributed by atoms with van der Waals surface area (Å²) in [5.74, 6) is 1.34. The molecule has 0 aliphatic rings. The molecule has 1 atom stereocenters. The van der Waals surface area contributed by atoms with Crippen LogP contribution in [0.15, 0.2) is 24.3 Å². The lowest BCUT2D eigenvalue weighted by atomic mass is 10.0. The van der Waals surface area contributed by atoms with E-state index in [1.807, 2.05) is 18.2 Å². The molecule has 0 aliphatic heterocycles.